The first-order chi connectivity index (χ1) is 8.86. The number of hydrogen-bond donors (Lipinski definition) is 1. The molecular weight excluding hydrogens is 286 g/mol. The van der Waals surface area contributed by atoms with Gasteiger partial charge < -0.3 is 0 Å². The molecule has 0 atom stereocenters. The van der Waals surface area contributed by atoms with Crippen molar-refractivity contribution in [3.63, 3.8) is 0 Å². The van der Waals surface area contributed by atoms with Crippen LogP contribution in [0.25, 0.3) is 0 Å². The second-order valence-corrected chi connectivity index (χ2v) is 7.13. The summed E-state index contributed by atoms with van der Waals surface area (Å²) in [6.07, 6.45) is 1.04. The van der Waals surface area contributed by atoms with Crippen molar-refractivity contribution in [3.8, 4) is 0 Å². The van der Waals surface area contributed by atoms with Crippen molar-refractivity contribution < 1.29 is 13.2 Å². The normalized spacial score (nSPS) is 11.3. The zero-order valence-electron chi connectivity index (χ0n) is 10.2. The third kappa shape index (κ3) is 3.36. The van der Waals surface area contributed by atoms with Crippen molar-refractivity contribution >= 4 is 32.2 Å². The molecule has 19 heavy (non-hydrogen) atoms. The molecular formula is C11H11N3O3S2. The second-order valence-electron chi connectivity index (χ2n) is 3.97. The van der Waals surface area contributed by atoms with Crippen molar-refractivity contribution in [1.82, 2.24) is 10.2 Å². The predicted octanol–water partition coefficient (Wildman–Crippen LogP) is 1.50. The van der Waals surface area contributed by atoms with Gasteiger partial charge in [0.15, 0.2) is 0 Å². The number of anilines is 1. The minimum absolute atomic E-state index is 0.119. The number of nitrogens with one attached hydrogen (secondary N) is 1. The molecule has 1 amide bonds. The molecule has 0 radical (unpaired) electrons. The van der Waals surface area contributed by atoms with Crippen LogP contribution in [0, 0.1) is 6.92 Å². The molecule has 8 heteroatoms. The van der Waals surface area contributed by atoms with Gasteiger partial charge in [-0.05, 0) is 19.1 Å². The number of carbonyl (C=O) groups is 1. The Bertz CT molecular complexity index is 705. The van der Waals surface area contributed by atoms with E-state index in [1.807, 2.05) is 19.1 Å². The van der Waals surface area contributed by atoms with Gasteiger partial charge >= 0.3 is 0 Å². The fraction of sp³-hybridized carbons (Fsp3) is 0.182. The molecule has 0 aliphatic rings. The number of nitrogens with zero attached hydrogens (tertiary/aromatic N) is 2. The van der Waals surface area contributed by atoms with Gasteiger partial charge in [0.2, 0.25) is 19.3 Å². The highest BCUT2D eigenvalue weighted by Crippen LogP contribution is 2.20. The van der Waals surface area contributed by atoms with Crippen LogP contribution in [-0.2, 0) is 9.84 Å². The van der Waals surface area contributed by atoms with Crippen LogP contribution < -0.4 is 5.32 Å². The monoisotopic (exact) mass is 297 g/mol. The van der Waals surface area contributed by atoms with Gasteiger partial charge in [-0.3, -0.25) is 10.1 Å². The third-order valence-corrected chi connectivity index (χ3v) is 4.77. The Morgan fingerprint density at radius 1 is 1.21 bits per heavy atom. The number of sulfone groups is 1. The number of hydrogen-bond acceptors (Lipinski definition) is 6. The molecule has 0 bridgehead atoms. The number of benzene rings is 1. The third-order valence-electron chi connectivity index (χ3n) is 2.26. The molecule has 0 saturated carbocycles. The Kier molecular flexibility index (Phi) is 3.63. The minimum atomic E-state index is -3.39. The zero-order chi connectivity index (χ0) is 14.0. The summed E-state index contributed by atoms with van der Waals surface area (Å²) in [5.74, 6) is -0.351. The van der Waals surface area contributed by atoms with Gasteiger partial charge in [0, 0.05) is 11.8 Å². The van der Waals surface area contributed by atoms with Gasteiger partial charge in [-0.15, -0.1) is 10.2 Å². The first-order valence-corrected chi connectivity index (χ1v) is 7.98. The van der Waals surface area contributed by atoms with E-state index in [0.717, 1.165) is 23.2 Å². The fourth-order valence-corrected chi connectivity index (χ4v) is 2.79. The lowest BCUT2D eigenvalue weighted by atomic mass is 10.1. The van der Waals surface area contributed by atoms with Crippen LogP contribution in [-0.4, -0.2) is 30.8 Å². The number of rotatable bonds is 3. The Morgan fingerprint density at radius 3 is 2.37 bits per heavy atom. The lowest BCUT2D eigenvalue weighted by molar-refractivity contribution is 0.102. The van der Waals surface area contributed by atoms with Gasteiger partial charge in [0.05, 0.1) is 0 Å². The average molecular weight is 297 g/mol. The topological polar surface area (TPSA) is 89.0 Å². The van der Waals surface area contributed by atoms with Crippen molar-refractivity contribution in [2.45, 2.75) is 11.3 Å². The quantitative estimate of drug-likeness (QED) is 0.867. The molecule has 1 aromatic heterocycles. The van der Waals surface area contributed by atoms with Crippen molar-refractivity contribution in [3.05, 3.63) is 35.4 Å². The van der Waals surface area contributed by atoms with Gasteiger partial charge in [-0.25, -0.2) is 8.42 Å². The Labute approximate surface area is 114 Å². The number of aryl methyl sites for hydroxylation is 1. The zero-order valence-corrected chi connectivity index (χ0v) is 11.9. The SMILES string of the molecule is Cc1ccc(C(=O)Nc2nnc(S(C)(=O)=O)s2)cc1. The predicted molar refractivity (Wildman–Crippen MR) is 72.2 cm³/mol. The highest BCUT2D eigenvalue weighted by molar-refractivity contribution is 7.92. The van der Waals surface area contributed by atoms with Gasteiger partial charge in [0.1, 0.15) is 0 Å². The molecule has 1 aromatic carbocycles. The van der Waals surface area contributed by atoms with E-state index >= 15 is 0 Å². The number of amides is 1. The maximum absolute atomic E-state index is 11.9. The van der Waals surface area contributed by atoms with Crippen molar-refractivity contribution in [1.29, 1.82) is 0 Å². The van der Waals surface area contributed by atoms with Gasteiger partial charge in [-0.2, -0.15) is 0 Å². The molecule has 0 aliphatic heterocycles. The minimum Gasteiger partial charge on any atom is -0.296 e. The standard InChI is InChI=1S/C11H11N3O3S2/c1-7-3-5-8(6-4-7)9(15)12-10-13-14-11(18-10)19(2,16)17/h3-6H,1-2H3,(H,12,13,15). The van der Waals surface area contributed by atoms with Crippen LogP contribution in [0.1, 0.15) is 15.9 Å². The summed E-state index contributed by atoms with van der Waals surface area (Å²) < 4.78 is 22.4. The van der Waals surface area contributed by atoms with E-state index in [2.05, 4.69) is 15.5 Å². The largest absolute Gasteiger partial charge is 0.296 e. The second kappa shape index (κ2) is 5.06. The van der Waals surface area contributed by atoms with Gasteiger partial charge in [-0.1, -0.05) is 29.0 Å². The molecule has 0 unspecified atom stereocenters. The summed E-state index contributed by atoms with van der Waals surface area (Å²) >= 11 is 0.824. The van der Waals surface area contributed by atoms with Gasteiger partial charge in [0.25, 0.3) is 5.91 Å². The van der Waals surface area contributed by atoms with Crippen LogP contribution >= 0.6 is 11.3 Å². The Hall–Kier alpha value is -1.80. The first-order valence-electron chi connectivity index (χ1n) is 5.28. The number of carbonyl (C=O) groups excluding carboxylic acids is 1. The van der Waals surface area contributed by atoms with Crippen LogP contribution in [0.4, 0.5) is 5.13 Å². The molecule has 1 heterocycles. The molecule has 2 rings (SSSR count). The smallest absolute Gasteiger partial charge is 0.257 e. The van der Waals surface area contributed by atoms with Crippen LogP contribution in [0.2, 0.25) is 0 Å². The van der Waals surface area contributed by atoms with Crippen LogP contribution in [0.5, 0.6) is 0 Å². The molecule has 0 aliphatic carbocycles. The maximum atomic E-state index is 11.9. The van der Waals surface area contributed by atoms with Crippen LogP contribution in [0.15, 0.2) is 28.6 Å². The van der Waals surface area contributed by atoms with E-state index in [1.54, 1.807) is 12.1 Å². The van der Waals surface area contributed by atoms with E-state index in [9.17, 15) is 13.2 Å². The molecule has 2 aromatic rings. The van der Waals surface area contributed by atoms with E-state index in [0.29, 0.717) is 5.56 Å². The van der Waals surface area contributed by atoms with E-state index in [4.69, 9.17) is 0 Å². The van der Waals surface area contributed by atoms with Crippen molar-refractivity contribution in [2.24, 2.45) is 0 Å². The average Bonchev–Trinajstić information content (AvgIpc) is 2.78. The Morgan fingerprint density at radius 2 is 1.84 bits per heavy atom. The fourth-order valence-electron chi connectivity index (χ4n) is 1.28. The first kappa shape index (κ1) is 13.6. The highest BCUT2D eigenvalue weighted by atomic mass is 32.2. The van der Waals surface area contributed by atoms with Crippen molar-refractivity contribution in [2.75, 3.05) is 11.6 Å². The van der Waals surface area contributed by atoms with Crippen LogP contribution in [0.3, 0.4) is 0 Å². The van der Waals surface area contributed by atoms with E-state index < -0.39 is 9.84 Å². The maximum Gasteiger partial charge on any atom is 0.257 e. The van der Waals surface area contributed by atoms with E-state index in [1.165, 1.54) is 0 Å². The molecule has 0 saturated heterocycles. The highest BCUT2D eigenvalue weighted by Gasteiger charge is 2.16. The molecule has 0 spiro atoms. The molecule has 100 valence electrons. The summed E-state index contributed by atoms with van der Waals surface area (Å²) in [4.78, 5) is 11.9. The summed E-state index contributed by atoms with van der Waals surface area (Å²) in [7, 11) is -3.39. The lowest BCUT2D eigenvalue weighted by Gasteiger charge is -2.01. The summed E-state index contributed by atoms with van der Waals surface area (Å²) in [5, 5.41) is 9.81. The lowest BCUT2D eigenvalue weighted by Crippen LogP contribution is -2.11. The van der Waals surface area contributed by atoms with E-state index in [-0.39, 0.29) is 15.4 Å². The summed E-state index contributed by atoms with van der Waals surface area (Å²) in [6.45, 7) is 1.92. The Balaban J connectivity index is 2.15. The molecule has 6 nitrogen and oxygen atoms in total. The number of aromatic nitrogens is 2. The molecule has 1 N–H and O–H groups in total. The summed E-state index contributed by atoms with van der Waals surface area (Å²) in [6, 6.07) is 7.00. The molecule has 0 fully saturated rings. The summed E-state index contributed by atoms with van der Waals surface area (Å²) in [5.41, 5.74) is 1.52.